The van der Waals surface area contributed by atoms with Crippen LogP contribution in [0.2, 0.25) is 0 Å². The highest BCUT2D eigenvalue weighted by molar-refractivity contribution is 7.99. The van der Waals surface area contributed by atoms with E-state index in [-0.39, 0.29) is 24.0 Å². The highest BCUT2D eigenvalue weighted by Crippen LogP contribution is 2.29. The van der Waals surface area contributed by atoms with Crippen LogP contribution in [-0.4, -0.2) is 33.6 Å². The molecule has 1 aliphatic rings. The number of amides is 3. The van der Waals surface area contributed by atoms with Gasteiger partial charge in [-0.3, -0.25) is 9.69 Å². The first-order valence-corrected chi connectivity index (χ1v) is 10.3. The molecule has 2 heterocycles. The fourth-order valence-electron chi connectivity index (χ4n) is 3.30. The molecule has 3 aromatic rings. The van der Waals surface area contributed by atoms with Gasteiger partial charge in [-0.1, -0.05) is 61.2 Å². The normalized spacial score (nSPS) is 17.4. The molecule has 3 amide bonds. The number of nitrogens with zero attached hydrogens (tertiary/aromatic N) is 2. The van der Waals surface area contributed by atoms with Crippen molar-refractivity contribution in [3.8, 4) is 0 Å². The van der Waals surface area contributed by atoms with Crippen LogP contribution in [0.5, 0.6) is 0 Å². The van der Waals surface area contributed by atoms with E-state index in [4.69, 9.17) is 4.42 Å². The molecule has 0 unspecified atom stereocenters. The number of urea groups is 1. The molecule has 28 heavy (non-hydrogen) atoms. The van der Waals surface area contributed by atoms with Crippen molar-refractivity contribution in [3.63, 3.8) is 0 Å². The fraction of sp³-hybridized carbons (Fsp3) is 0.286. The van der Waals surface area contributed by atoms with E-state index >= 15 is 0 Å². The van der Waals surface area contributed by atoms with E-state index in [9.17, 15) is 9.59 Å². The fourth-order valence-corrected chi connectivity index (χ4v) is 4.21. The Kier molecular flexibility index (Phi) is 5.34. The highest BCUT2D eigenvalue weighted by atomic mass is 32.2. The van der Waals surface area contributed by atoms with Gasteiger partial charge in [-0.15, -0.1) is 0 Å². The number of benzene rings is 2. The monoisotopic (exact) mass is 395 g/mol. The van der Waals surface area contributed by atoms with Gasteiger partial charge in [0.2, 0.25) is 5.91 Å². The Hall–Kier alpha value is -2.80. The molecule has 0 spiro atoms. The molecule has 1 N–H and O–H groups in total. The maximum absolute atomic E-state index is 12.7. The highest BCUT2D eigenvalue weighted by Gasteiger charge is 2.41. The van der Waals surface area contributed by atoms with Crippen molar-refractivity contribution < 1.29 is 14.0 Å². The second-order valence-electron chi connectivity index (χ2n) is 6.70. The number of thioether (sulfide) groups is 1. The zero-order valence-corrected chi connectivity index (χ0v) is 16.3. The van der Waals surface area contributed by atoms with Gasteiger partial charge < -0.3 is 9.73 Å². The molecule has 0 saturated carbocycles. The number of carbonyl (C=O) groups excluding carboxylic acids is 2. The first-order chi connectivity index (χ1) is 13.7. The van der Waals surface area contributed by atoms with Gasteiger partial charge in [0.1, 0.15) is 5.52 Å². The van der Waals surface area contributed by atoms with E-state index in [1.807, 2.05) is 61.5 Å². The first-order valence-electron chi connectivity index (χ1n) is 9.31. The molecule has 1 saturated heterocycles. The zero-order valence-electron chi connectivity index (χ0n) is 15.5. The molecule has 1 fully saturated rings. The van der Waals surface area contributed by atoms with E-state index < -0.39 is 0 Å². The number of carbonyl (C=O) groups is 2. The van der Waals surface area contributed by atoms with Crippen LogP contribution in [0.4, 0.5) is 4.79 Å². The Morgan fingerprint density at radius 1 is 1.25 bits per heavy atom. The molecule has 6 nitrogen and oxygen atoms in total. The maximum Gasteiger partial charge on any atom is 0.324 e. The van der Waals surface area contributed by atoms with Crippen molar-refractivity contribution in [2.45, 2.75) is 37.1 Å². The van der Waals surface area contributed by atoms with Gasteiger partial charge in [0.15, 0.2) is 5.58 Å². The third-order valence-electron chi connectivity index (χ3n) is 4.84. The van der Waals surface area contributed by atoms with Crippen LogP contribution in [0.3, 0.4) is 0 Å². The van der Waals surface area contributed by atoms with Crippen molar-refractivity contribution in [2.75, 3.05) is 5.75 Å². The Morgan fingerprint density at radius 2 is 2.00 bits per heavy atom. The number of oxazole rings is 1. The van der Waals surface area contributed by atoms with Crippen molar-refractivity contribution in [1.82, 2.24) is 15.2 Å². The summed E-state index contributed by atoms with van der Waals surface area (Å²) in [5, 5.41) is 3.54. The number of β-lactam (4-membered cyclic amide) rings is 1. The quantitative estimate of drug-likeness (QED) is 0.495. The summed E-state index contributed by atoms with van der Waals surface area (Å²) in [5.41, 5.74) is 2.57. The SMILES string of the molecule is CC[C@@H](NC(=O)N1C(=O)C[C@@H]1CSc1nc2ccccc2o1)c1ccccc1. The van der Waals surface area contributed by atoms with Crippen molar-refractivity contribution in [3.05, 3.63) is 60.2 Å². The number of imide groups is 1. The number of hydrogen-bond acceptors (Lipinski definition) is 5. The van der Waals surface area contributed by atoms with Gasteiger partial charge in [0.05, 0.1) is 12.1 Å². The predicted octanol–water partition coefficient (Wildman–Crippen LogP) is 4.38. The molecule has 1 aromatic heterocycles. The summed E-state index contributed by atoms with van der Waals surface area (Å²) < 4.78 is 5.70. The van der Waals surface area contributed by atoms with Crippen molar-refractivity contribution in [2.24, 2.45) is 0 Å². The van der Waals surface area contributed by atoms with E-state index in [2.05, 4.69) is 10.3 Å². The average molecular weight is 395 g/mol. The molecule has 144 valence electrons. The van der Waals surface area contributed by atoms with Crippen molar-refractivity contribution in [1.29, 1.82) is 0 Å². The van der Waals surface area contributed by atoms with Gasteiger partial charge in [-0.25, -0.2) is 9.78 Å². The van der Waals surface area contributed by atoms with Crippen LogP contribution in [0.1, 0.15) is 31.4 Å². The first kappa shape index (κ1) is 18.6. The standard InChI is InChI=1S/C21H21N3O3S/c1-2-16(14-8-4-3-5-9-14)22-20(26)24-15(12-19(24)25)13-28-21-23-17-10-6-7-11-18(17)27-21/h3-11,15-16H,2,12-13H2,1H3,(H,22,26)/t15-,16-/m1/s1. The van der Waals surface area contributed by atoms with Gasteiger partial charge in [-0.2, -0.15) is 0 Å². The minimum absolute atomic E-state index is 0.118. The van der Waals surface area contributed by atoms with Gasteiger partial charge in [0, 0.05) is 12.2 Å². The van der Waals surface area contributed by atoms with Crippen LogP contribution in [0, 0.1) is 0 Å². The summed E-state index contributed by atoms with van der Waals surface area (Å²) in [7, 11) is 0. The number of rotatable bonds is 6. The Labute approximate surface area is 167 Å². The number of fused-ring (bicyclic) bond motifs is 1. The minimum atomic E-state index is -0.338. The lowest BCUT2D eigenvalue weighted by molar-refractivity contribution is -0.139. The van der Waals surface area contributed by atoms with Crippen LogP contribution in [0.25, 0.3) is 11.1 Å². The van der Waals surface area contributed by atoms with Gasteiger partial charge in [-0.05, 0) is 24.1 Å². The zero-order chi connectivity index (χ0) is 19.5. The van der Waals surface area contributed by atoms with Gasteiger partial charge in [0.25, 0.3) is 5.22 Å². The van der Waals surface area contributed by atoms with E-state index in [1.165, 1.54) is 16.7 Å². The lowest BCUT2D eigenvalue weighted by atomic mass is 10.0. The number of hydrogen-bond donors (Lipinski definition) is 1. The van der Waals surface area contributed by atoms with Crippen molar-refractivity contribution >= 4 is 34.8 Å². The topological polar surface area (TPSA) is 75.4 Å². The lowest BCUT2D eigenvalue weighted by Crippen LogP contribution is -2.60. The molecule has 7 heteroatoms. The molecular weight excluding hydrogens is 374 g/mol. The number of para-hydroxylation sites is 2. The van der Waals surface area contributed by atoms with Gasteiger partial charge >= 0.3 is 6.03 Å². The summed E-state index contributed by atoms with van der Waals surface area (Å²) >= 11 is 1.42. The third-order valence-corrected chi connectivity index (χ3v) is 5.82. The van der Waals surface area contributed by atoms with Crippen LogP contribution in [-0.2, 0) is 4.79 Å². The molecule has 0 aliphatic carbocycles. The second-order valence-corrected chi connectivity index (χ2v) is 7.67. The Balaban J connectivity index is 1.38. The number of nitrogens with one attached hydrogen (secondary N) is 1. The largest absolute Gasteiger partial charge is 0.431 e. The molecule has 2 atom stereocenters. The maximum atomic E-state index is 12.7. The smallest absolute Gasteiger partial charge is 0.324 e. The molecule has 4 rings (SSSR count). The Morgan fingerprint density at radius 3 is 2.71 bits per heavy atom. The van der Waals surface area contributed by atoms with E-state index in [0.717, 1.165) is 23.1 Å². The van der Waals surface area contributed by atoms with Crippen LogP contribution in [0.15, 0.2) is 64.2 Å². The third kappa shape index (κ3) is 3.75. The summed E-state index contributed by atoms with van der Waals surface area (Å²) in [4.78, 5) is 30.5. The van der Waals surface area contributed by atoms with Crippen LogP contribution < -0.4 is 5.32 Å². The summed E-state index contributed by atoms with van der Waals surface area (Å²) in [6.45, 7) is 2.01. The van der Waals surface area contributed by atoms with E-state index in [0.29, 0.717) is 17.4 Å². The summed E-state index contributed by atoms with van der Waals surface area (Å²) in [6.07, 6.45) is 1.11. The number of aromatic nitrogens is 1. The minimum Gasteiger partial charge on any atom is -0.431 e. The molecular formula is C21H21N3O3S. The summed E-state index contributed by atoms with van der Waals surface area (Å²) in [5.74, 6) is 0.414. The predicted molar refractivity (Wildman–Crippen MR) is 108 cm³/mol. The molecule has 1 aliphatic heterocycles. The average Bonchev–Trinajstić information content (AvgIpc) is 3.12. The molecule has 0 radical (unpaired) electrons. The molecule has 0 bridgehead atoms. The second kappa shape index (κ2) is 8.06. The van der Waals surface area contributed by atoms with Crippen LogP contribution >= 0.6 is 11.8 Å². The number of likely N-dealkylation sites (tertiary alicyclic amines) is 1. The Bertz CT molecular complexity index is 956. The summed E-state index contributed by atoms with van der Waals surface area (Å²) in [6, 6.07) is 16.7. The molecule has 2 aromatic carbocycles. The van der Waals surface area contributed by atoms with E-state index in [1.54, 1.807) is 0 Å². The lowest BCUT2D eigenvalue weighted by Gasteiger charge is -2.39.